The Morgan fingerprint density at radius 3 is 2.41 bits per heavy atom. The van der Waals surface area contributed by atoms with E-state index in [0.717, 1.165) is 5.56 Å². The van der Waals surface area contributed by atoms with E-state index in [4.69, 9.17) is 23.9 Å². The average Bonchev–Trinajstić information content (AvgIpc) is 2.59. The summed E-state index contributed by atoms with van der Waals surface area (Å²) < 4.78 is 30.2. The summed E-state index contributed by atoms with van der Waals surface area (Å²) in [6.07, 6.45) is 0. The fraction of sp³-hybridized carbons (Fsp3) is 0.333. The molecule has 0 saturated heterocycles. The number of esters is 1. The first kappa shape index (κ1) is 15.3. The summed E-state index contributed by atoms with van der Waals surface area (Å²) in [5.74, 6) is -0.342. The summed E-state index contributed by atoms with van der Waals surface area (Å²) in [5, 5.41) is 2.23. The fourth-order valence-electron chi connectivity index (χ4n) is 0.927. The molecule has 0 fully saturated rings. The van der Waals surface area contributed by atoms with E-state index in [9.17, 15) is 4.79 Å². The minimum Gasteiger partial charge on any atom is -0.462 e. The molecule has 0 N–H and O–H groups in total. The molecule has 0 aliphatic heterocycles. The smallest absolute Gasteiger partial charge is 0.425 e. The van der Waals surface area contributed by atoms with Gasteiger partial charge in [0.15, 0.2) is 0 Å². The Morgan fingerprint density at radius 1 is 1.53 bits per heavy atom. The highest BCUT2D eigenvalue weighted by Crippen LogP contribution is 2.30. The van der Waals surface area contributed by atoms with Crippen LogP contribution in [-0.4, -0.2) is 25.2 Å². The predicted molar refractivity (Wildman–Crippen MR) is 61.0 cm³/mol. The molecule has 0 amide bonds. The van der Waals surface area contributed by atoms with Crippen molar-refractivity contribution >= 4 is 32.9 Å². The van der Waals surface area contributed by atoms with Gasteiger partial charge in [0.2, 0.25) is 5.00 Å². The molecule has 0 aliphatic carbocycles. The lowest BCUT2D eigenvalue weighted by Gasteiger charge is -1.99. The number of hydrogen-bond acceptors (Lipinski definition) is 6. The largest absolute Gasteiger partial charge is 0.462 e. The molecular formula is C9H9NO5S2. The highest BCUT2D eigenvalue weighted by atomic mass is 32.2. The third kappa shape index (κ3) is 5.24. The Hall–Kier alpha value is -1.72. The monoisotopic (exact) mass is 275 g/mol. The lowest BCUT2D eigenvalue weighted by molar-refractivity contribution is 0.0526. The Bertz CT molecular complexity index is 531. The van der Waals surface area contributed by atoms with E-state index in [1.165, 1.54) is 11.3 Å². The molecule has 0 radical (unpaired) electrons. The van der Waals surface area contributed by atoms with Gasteiger partial charge in [-0.05, 0) is 24.8 Å². The summed E-state index contributed by atoms with van der Waals surface area (Å²) >= 11 is 1.28. The molecule has 0 aromatic carbocycles. The molecule has 1 rings (SSSR count). The van der Waals surface area contributed by atoms with Gasteiger partial charge in [-0.1, -0.05) is 0 Å². The highest BCUT2D eigenvalue weighted by Gasteiger charge is 2.14. The van der Waals surface area contributed by atoms with Gasteiger partial charge < -0.3 is 4.74 Å². The average molecular weight is 275 g/mol. The molecule has 1 heterocycles. The summed E-state index contributed by atoms with van der Waals surface area (Å²) in [4.78, 5) is 14.6. The normalized spacial score (nSPS) is 8.53. The molecule has 6 nitrogen and oxygen atoms in total. The molecular weight excluding hydrogens is 266 g/mol. The second kappa shape index (κ2) is 7.54. The second-order valence-corrected chi connectivity index (χ2v) is 3.88. The van der Waals surface area contributed by atoms with Crippen molar-refractivity contribution < 1.29 is 22.2 Å². The molecule has 0 spiro atoms. The van der Waals surface area contributed by atoms with Gasteiger partial charge in [-0.3, -0.25) is 0 Å². The molecule has 0 atom stereocenters. The van der Waals surface area contributed by atoms with Crippen LogP contribution in [0.25, 0.3) is 4.85 Å². The lowest BCUT2D eigenvalue weighted by atomic mass is 10.2. The third-order valence-corrected chi connectivity index (χ3v) is 2.58. The van der Waals surface area contributed by atoms with Crippen molar-refractivity contribution in [2.24, 2.45) is 0 Å². The summed E-state index contributed by atoms with van der Waals surface area (Å²) in [5.41, 5.74) is 1.23. The van der Waals surface area contributed by atoms with Crippen LogP contribution in [0.2, 0.25) is 0 Å². The van der Waals surface area contributed by atoms with E-state index in [1.54, 1.807) is 19.2 Å². The fourth-order valence-corrected chi connectivity index (χ4v) is 1.77. The van der Waals surface area contributed by atoms with Crippen molar-refractivity contribution in [3.05, 3.63) is 27.9 Å². The molecule has 0 aliphatic rings. The number of hydrogen-bond donors (Lipinski definition) is 0. The zero-order chi connectivity index (χ0) is 13.4. The van der Waals surface area contributed by atoms with Crippen molar-refractivity contribution in [2.45, 2.75) is 13.8 Å². The van der Waals surface area contributed by atoms with Gasteiger partial charge in [-0.2, -0.15) is 11.3 Å². The summed E-state index contributed by atoms with van der Waals surface area (Å²) in [6, 6.07) is 0. The van der Waals surface area contributed by atoms with E-state index in [1.807, 2.05) is 0 Å². The van der Waals surface area contributed by atoms with Crippen LogP contribution >= 0.6 is 11.3 Å². The van der Waals surface area contributed by atoms with E-state index in [2.05, 4.69) is 4.85 Å². The SMILES string of the molecule is O=S(=O)=O.[C-]#[N+]c1scc(C(=O)OCC)c1C. The van der Waals surface area contributed by atoms with Gasteiger partial charge >= 0.3 is 16.6 Å². The number of rotatable bonds is 2. The van der Waals surface area contributed by atoms with Gasteiger partial charge in [0.05, 0.1) is 18.7 Å². The first-order valence-corrected chi connectivity index (χ1v) is 6.21. The summed E-state index contributed by atoms with van der Waals surface area (Å²) in [6.45, 7) is 10.7. The van der Waals surface area contributed by atoms with Crippen molar-refractivity contribution in [3.63, 3.8) is 0 Å². The number of carbonyl (C=O) groups excluding carboxylic acids is 1. The van der Waals surface area contributed by atoms with E-state index in [0.29, 0.717) is 17.2 Å². The van der Waals surface area contributed by atoms with Crippen LogP contribution in [0.15, 0.2) is 5.38 Å². The van der Waals surface area contributed by atoms with Crippen molar-refractivity contribution in [1.29, 1.82) is 0 Å². The van der Waals surface area contributed by atoms with Gasteiger partial charge in [-0.25, -0.2) is 9.64 Å². The number of ether oxygens (including phenoxy) is 1. The Labute approximate surface area is 104 Å². The highest BCUT2D eigenvalue weighted by molar-refractivity contribution is 7.59. The van der Waals surface area contributed by atoms with Crippen LogP contribution in [0.4, 0.5) is 5.00 Å². The zero-order valence-electron chi connectivity index (χ0n) is 9.09. The van der Waals surface area contributed by atoms with E-state index in [-0.39, 0.29) is 5.97 Å². The van der Waals surface area contributed by atoms with Crippen LogP contribution in [-0.2, 0) is 15.3 Å². The maximum absolute atomic E-state index is 11.3. The minimum absolute atomic E-state index is 0.342. The first-order valence-electron chi connectivity index (χ1n) is 4.33. The van der Waals surface area contributed by atoms with Crippen molar-refractivity contribution in [1.82, 2.24) is 0 Å². The molecule has 0 bridgehead atoms. The number of thiophene rings is 1. The van der Waals surface area contributed by atoms with Crippen LogP contribution in [0.1, 0.15) is 22.8 Å². The van der Waals surface area contributed by atoms with Crippen LogP contribution in [0.3, 0.4) is 0 Å². The molecule has 17 heavy (non-hydrogen) atoms. The van der Waals surface area contributed by atoms with Gasteiger partial charge in [-0.15, -0.1) is 12.6 Å². The Balaban J connectivity index is 0.000000557. The maximum atomic E-state index is 11.3. The molecule has 1 aromatic rings. The number of nitrogens with zero attached hydrogens (tertiary/aromatic N) is 1. The van der Waals surface area contributed by atoms with Crippen LogP contribution in [0, 0.1) is 13.5 Å². The molecule has 92 valence electrons. The molecule has 1 aromatic heterocycles. The topological polar surface area (TPSA) is 81.9 Å². The van der Waals surface area contributed by atoms with E-state index >= 15 is 0 Å². The third-order valence-electron chi connectivity index (χ3n) is 1.61. The lowest BCUT2D eigenvalue weighted by Crippen LogP contribution is -2.04. The van der Waals surface area contributed by atoms with Crippen molar-refractivity contribution in [3.8, 4) is 0 Å². The number of carbonyl (C=O) groups is 1. The van der Waals surface area contributed by atoms with Gasteiger partial charge in [0, 0.05) is 0 Å². The Kier molecular flexibility index (Phi) is 6.77. The maximum Gasteiger partial charge on any atom is 0.425 e. The van der Waals surface area contributed by atoms with Crippen LogP contribution < -0.4 is 0 Å². The Morgan fingerprint density at radius 2 is 2.06 bits per heavy atom. The van der Waals surface area contributed by atoms with Gasteiger partial charge in [0.1, 0.15) is 0 Å². The van der Waals surface area contributed by atoms with E-state index < -0.39 is 10.6 Å². The molecule has 8 heteroatoms. The van der Waals surface area contributed by atoms with Crippen LogP contribution in [0.5, 0.6) is 0 Å². The zero-order valence-corrected chi connectivity index (χ0v) is 10.7. The summed E-state index contributed by atoms with van der Waals surface area (Å²) in [7, 11) is -3.11. The molecule has 0 saturated carbocycles. The van der Waals surface area contributed by atoms with Crippen molar-refractivity contribution in [2.75, 3.05) is 6.61 Å². The minimum atomic E-state index is -3.11. The quantitative estimate of drug-likeness (QED) is 0.607. The second-order valence-electron chi connectivity index (χ2n) is 2.62. The standard InChI is InChI=1S/C9H9NO2S.O3S/c1-4-12-9(11)7-5-13-8(10-3)6(7)2;1-4(2)3/h5H,4H2,1-2H3;. The van der Waals surface area contributed by atoms with Gasteiger partial charge in [0.25, 0.3) is 0 Å². The molecule has 0 unspecified atom stereocenters. The first-order chi connectivity index (χ1) is 7.93. The predicted octanol–water partition coefficient (Wildman–Crippen LogP) is 1.78.